The molecule has 9 heteroatoms. The van der Waals surface area contributed by atoms with Gasteiger partial charge in [-0.2, -0.15) is 13.2 Å². The van der Waals surface area contributed by atoms with Crippen molar-refractivity contribution in [3.8, 4) is 11.1 Å². The highest BCUT2D eigenvalue weighted by atomic mass is 35.5. The molecule has 36 heavy (non-hydrogen) atoms. The van der Waals surface area contributed by atoms with E-state index >= 15 is 0 Å². The van der Waals surface area contributed by atoms with E-state index in [4.69, 9.17) is 16.7 Å². The average Bonchev–Trinajstić information content (AvgIpc) is 2.83. The second-order valence-corrected chi connectivity index (χ2v) is 8.83. The van der Waals surface area contributed by atoms with Crippen LogP contribution in [0, 0.1) is 6.92 Å². The van der Waals surface area contributed by atoms with Crippen molar-refractivity contribution in [2.24, 2.45) is 0 Å². The minimum atomic E-state index is -4.82. The third-order valence-corrected chi connectivity index (χ3v) is 6.10. The molecule has 0 bridgehead atoms. The summed E-state index contributed by atoms with van der Waals surface area (Å²) in [6, 6.07) is 14.9. The molecule has 3 rings (SSSR count). The lowest BCUT2D eigenvalue weighted by molar-refractivity contribution is -0.138. The van der Waals surface area contributed by atoms with E-state index in [1.807, 2.05) is 38.1 Å². The largest absolute Gasteiger partial charge is 0.480 e. The normalized spacial score (nSPS) is 12.2. The lowest BCUT2D eigenvalue weighted by Crippen LogP contribution is -2.39. The number of aliphatic carboxylic acids is 1. The van der Waals surface area contributed by atoms with Crippen LogP contribution in [0.15, 0.2) is 60.7 Å². The number of amides is 1. The van der Waals surface area contributed by atoms with Crippen LogP contribution in [0.1, 0.15) is 41.8 Å². The summed E-state index contributed by atoms with van der Waals surface area (Å²) in [6.45, 7) is 5.79. The number of hydrogen-bond donors (Lipinski definition) is 2. The van der Waals surface area contributed by atoms with Crippen LogP contribution in [-0.4, -0.2) is 29.6 Å². The standard InChI is InChI=1S/C27H26ClF3N2O3/c1-4-12-33(21-9-11-24(28)16(2)13-21)20-7-5-6-18(14-20)19-8-10-22(23(15-19)27(29,30)31)25(34)32-17(3)26(35)36/h5-11,13-15,17H,4,12H2,1-3H3,(H,32,34)(H,35,36). The minimum Gasteiger partial charge on any atom is -0.480 e. The monoisotopic (exact) mass is 518 g/mol. The Morgan fingerprint density at radius 3 is 2.31 bits per heavy atom. The van der Waals surface area contributed by atoms with Crippen LogP contribution in [0.3, 0.4) is 0 Å². The van der Waals surface area contributed by atoms with Crippen LogP contribution >= 0.6 is 11.6 Å². The molecule has 2 N–H and O–H groups in total. The number of carbonyl (C=O) groups excluding carboxylic acids is 1. The van der Waals surface area contributed by atoms with Crippen molar-refractivity contribution < 1.29 is 27.9 Å². The Kier molecular flexibility index (Phi) is 8.30. The van der Waals surface area contributed by atoms with E-state index < -0.39 is 35.2 Å². The molecule has 0 spiro atoms. The summed E-state index contributed by atoms with van der Waals surface area (Å²) in [7, 11) is 0. The molecule has 0 aromatic heterocycles. The Morgan fingerprint density at radius 2 is 1.69 bits per heavy atom. The fraction of sp³-hybridized carbons (Fsp3) is 0.259. The quantitative estimate of drug-likeness (QED) is 0.334. The first-order valence-electron chi connectivity index (χ1n) is 11.3. The molecule has 0 aliphatic carbocycles. The molecule has 1 amide bonds. The Balaban J connectivity index is 2.04. The number of carbonyl (C=O) groups is 2. The summed E-state index contributed by atoms with van der Waals surface area (Å²) in [5.41, 5.74) is 1.64. The van der Waals surface area contributed by atoms with E-state index in [0.29, 0.717) is 17.1 Å². The van der Waals surface area contributed by atoms with E-state index in [2.05, 4.69) is 10.2 Å². The smallest absolute Gasteiger partial charge is 0.417 e. The van der Waals surface area contributed by atoms with Crippen LogP contribution < -0.4 is 10.2 Å². The van der Waals surface area contributed by atoms with Crippen molar-refractivity contribution >= 4 is 34.9 Å². The number of hydrogen-bond acceptors (Lipinski definition) is 3. The molecule has 3 aromatic carbocycles. The Hall–Kier alpha value is -3.52. The first kappa shape index (κ1) is 27.1. The number of benzene rings is 3. The molecule has 1 unspecified atom stereocenters. The van der Waals surface area contributed by atoms with Crippen LogP contribution in [-0.2, 0) is 11.0 Å². The molecule has 0 saturated heterocycles. The first-order valence-corrected chi connectivity index (χ1v) is 11.7. The second-order valence-electron chi connectivity index (χ2n) is 8.43. The minimum absolute atomic E-state index is 0.274. The van der Waals surface area contributed by atoms with Crippen LogP contribution in [0.5, 0.6) is 0 Å². The number of alkyl halides is 3. The van der Waals surface area contributed by atoms with Gasteiger partial charge in [0.15, 0.2) is 0 Å². The molecule has 0 radical (unpaired) electrons. The maximum absolute atomic E-state index is 13.9. The van der Waals surface area contributed by atoms with Gasteiger partial charge < -0.3 is 15.3 Å². The van der Waals surface area contributed by atoms with Gasteiger partial charge in [-0.05, 0) is 79.4 Å². The summed E-state index contributed by atoms with van der Waals surface area (Å²) in [4.78, 5) is 25.5. The summed E-state index contributed by atoms with van der Waals surface area (Å²) in [5.74, 6) is -2.46. The summed E-state index contributed by atoms with van der Waals surface area (Å²) < 4.78 is 41.7. The van der Waals surface area contributed by atoms with Gasteiger partial charge in [-0.1, -0.05) is 36.7 Å². The van der Waals surface area contributed by atoms with Gasteiger partial charge in [-0.15, -0.1) is 0 Å². The van der Waals surface area contributed by atoms with Gasteiger partial charge in [0.05, 0.1) is 11.1 Å². The fourth-order valence-electron chi connectivity index (χ4n) is 3.77. The summed E-state index contributed by atoms with van der Waals surface area (Å²) in [6.07, 6.45) is -3.98. The number of halogens is 4. The lowest BCUT2D eigenvalue weighted by atomic mass is 9.97. The molecule has 1 atom stereocenters. The van der Waals surface area contributed by atoms with Crippen molar-refractivity contribution in [3.05, 3.63) is 82.4 Å². The molecule has 5 nitrogen and oxygen atoms in total. The van der Waals surface area contributed by atoms with E-state index in [1.54, 1.807) is 18.2 Å². The number of carboxylic acids is 1. The number of rotatable bonds is 8. The Labute approximate surface area is 212 Å². The fourth-order valence-corrected chi connectivity index (χ4v) is 3.89. The number of anilines is 2. The molecule has 0 saturated carbocycles. The highest BCUT2D eigenvalue weighted by molar-refractivity contribution is 6.31. The topological polar surface area (TPSA) is 69.6 Å². The zero-order valence-electron chi connectivity index (χ0n) is 20.0. The highest BCUT2D eigenvalue weighted by Crippen LogP contribution is 2.37. The van der Waals surface area contributed by atoms with E-state index in [9.17, 15) is 22.8 Å². The second kappa shape index (κ2) is 11.0. The molecule has 0 aliphatic rings. The van der Waals surface area contributed by atoms with Crippen molar-refractivity contribution in [2.45, 2.75) is 39.4 Å². The van der Waals surface area contributed by atoms with Crippen molar-refractivity contribution in [1.82, 2.24) is 5.32 Å². The molecule has 3 aromatic rings. The zero-order valence-corrected chi connectivity index (χ0v) is 20.7. The van der Waals surface area contributed by atoms with Gasteiger partial charge >= 0.3 is 12.1 Å². The third kappa shape index (κ3) is 6.18. The molecule has 190 valence electrons. The Bertz CT molecular complexity index is 1280. The lowest BCUT2D eigenvalue weighted by Gasteiger charge is -2.26. The predicted octanol–water partition coefficient (Wildman–Crippen LogP) is 7.09. The van der Waals surface area contributed by atoms with E-state index in [0.717, 1.165) is 35.5 Å². The Morgan fingerprint density at radius 1 is 1.03 bits per heavy atom. The van der Waals surface area contributed by atoms with Gasteiger partial charge in [0, 0.05) is 22.9 Å². The van der Waals surface area contributed by atoms with Crippen molar-refractivity contribution in [1.29, 1.82) is 0 Å². The maximum Gasteiger partial charge on any atom is 0.417 e. The van der Waals surface area contributed by atoms with Gasteiger partial charge in [0.1, 0.15) is 6.04 Å². The van der Waals surface area contributed by atoms with Crippen LogP contribution in [0.4, 0.5) is 24.5 Å². The van der Waals surface area contributed by atoms with Gasteiger partial charge in [0.2, 0.25) is 0 Å². The van der Waals surface area contributed by atoms with E-state index in [1.165, 1.54) is 13.0 Å². The van der Waals surface area contributed by atoms with Gasteiger partial charge in [0.25, 0.3) is 5.91 Å². The number of carboxylic acid groups (broad SMARTS) is 1. The van der Waals surface area contributed by atoms with E-state index in [-0.39, 0.29) is 5.56 Å². The van der Waals surface area contributed by atoms with Gasteiger partial charge in [-0.3, -0.25) is 9.59 Å². The SMILES string of the molecule is CCCN(c1cccc(-c2ccc(C(=O)NC(C)C(=O)O)c(C(F)(F)F)c2)c1)c1ccc(Cl)c(C)c1. The highest BCUT2D eigenvalue weighted by Gasteiger charge is 2.36. The average molecular weight is 519 g/mol. The summed E-state index contributed by atoms with van der Waals surface area (Å²) in [5, 5.41) is 11.7. The number of nitrogens with one attached hydrogen (secondary N) is 1. The molecular weight excluding hydrogens is 493 g/mol. The maximum atomic E-state index is 13.9. The molecular formula is C27H26ClF3N2O3. The van der Waals surface area contributed by atoms with Crippen molar-refractivity contribution in [3.63, 3.8) is 0 Å². The third-order valence-electron chi connectivity index (χ3n) is 5.68. The van der Waals surface area contributed by atoms with Crippen LogP contribution in [0.25, 0.3) is 11.1 Å². The van der Waals surface area contributed by atoms with Crippen LogP contribution in [0.2, 0.25) is 5.02 Å². The molecule has 0 aliphatic heterocycles. The first-order chi connectivity index (χ1) is 16.9. The number of aryl methyl sites for hydroxylation is 1. The molecule has 0 heterocycles. The van der Waals surface area contributed by atoms with Gasteiger partial charge in [-0.25, -0.2) is 0 Å². The number of nitrogens with zero attached hydrogens (tertiary/aromatic N) is 1. The van der Waals surface area contributed by atoms with Crippen molar-refractivity contribution in [2.75, 3.05) is 11.4 Å². The zero-order chi connectivity index (χ0) is 26.6. The molecule has 0 fully saturated rings. The summed E-state index contributed by atoms with van der Waals surface area (Å²) >= 11 is 6.18. The predicted molar refractivity (Wildman–Crippen MR) is 135 cm³/mol.